The van der Waals surface area contributed by atoms with Crippen molar-refractivity contribution in [3.05, 3.63) is 305 Å². The van der Waals surface area contributed by atoms with Crippen LogP contribution in [0.1, 0.15) is 63.4 Å². The van der Waals surface area contributed by atoms with E-state index in [2.05, 4.69) is 265 Å². The molecule has 9 aromatic carbocycles. The number of nitrogens with zero attached hydrogens (tertiary/aromatic N) is 1. The highest BCUT2D eigenvalue weighted by atomic mass is 15.1. The fourth-order valence-electron chi connectivity index (χ4n) is 11.1. The highest BCUT2D eigenvalue weighted by Crippen LogP contribution is 2.58. The number of allylic oxidation sites excluding steroid dienone is 4. The molecule has 3 N–H and O–H groups in total. The van der Waals surface area contributed by atoms with E-state index in [4.69, 9.17) is 5.73 Å². The number of hydrogen-bond donors (Lipinski definition) is 2. The van der Waals surface area contributed by atoms with Gasteiger partial charge in [-0.1, -0.05) is 224 Å². The standard InChI is InChI=1S/C66H51N3/c67-64(49-29-13-4-14-30-49)63(48-27-11-3-12-28-48)65-57-38-22-40-62(58(57)45-61(68-65)47-25-9-2-10-26-47)69(53-36-21-31-50(43-53)46-23-7-1-8-24-46)54-41-42-56-55-37-19-20-39-59(55)66(60(56)44-54,51-32-15-5-16-33-51)52-34-17-6-18-35-52/h1-5,7-17,19-45,64,68H,6,18,67H2/b65-63-. The Labute approximate surface area is 405 Å². The maximum Gasteiger partial charge on any atom is 0.0711 e. The Bertz CT molecular complexity index is 3460. The second-order valence-corrected chi connectivity index (χ2v) is 18.1. The van der Waals surface area contributed by atoms with Crippen LogP contribution in [0.2, 0.25) is 0 Å². The maximum atomic E-state index is 7.48. The van der Waals surface area contributed by atoms with Crippen molar-refractivity contribution < 1.29 is 0 Å². The van der Waals surface area contributed by atoms with E-state index in [1.54, 1.807) is 0 Å². The molecule has 3 nitrogen and oxygen atoms in total. The van der Waals surface area contributed by atoms with Crippen LogP contribution >= 0.6 is 0 Å². The Kier molecular flexibility index (Phi) is 10.9. The first-order valence-electron chi connectivity index (χ1n) is 24.1. The summed E-state index contributed by atoms with van der Waals surface area (Å²) in [7, 11) is 0. The van der Waals surface area contributed by atoms with E-state index in [0.29, 0.717) is 0 Å². The van der Waals surface area contributed by atoms with Gasteiger partial charge in [-0.25, -0.2) is 0 Å². The molecule has 0 saturated carbocycles. The van der Waals surface area contributed by atoms with Gasteiger partial charge < -0.3 is 16.0 Å². The molecule has 1 heterocycles. The van der Waals surface area contributed by atoms with E-state index in [-0.39, 0.29) is 0 Å². The van der Waals surface area contributed by atoms with E-state index in [9.17, 15) is 0 Å². The number of anilines is 3. The van der Waals surface area contributed by atoms with Crippen molar-refractivity contribution in [2.75, 3.05) is 4.90 Å². The minimum Gasteiger partial charge on any atom is -0.354 e. The lowest BCUT2D eigenvalue weighted by Crippen LogP contribution is -2.29. The van der Waals surface area contributed by atoms with Gasteiger partial charge in [0.15, 0.2) is 0 Å². The molecule has 2 aliphatic carbocycles. The zero-order chi connectivity index (χ0) is 46.2. The second kappa shape index (κ2) is 18.0. The van der Waals surface area contributed by atoms with Crippen molar-refractivity contribution in [3.63, 3.8) is 0 Å². The van der Waals surface area contributed by atoms with Gasteiger partial charge in [0.05, 0.1) is 22.8 Å². The van der Waals surface area contributed by atoms with Gasteiger partial charge >= 0.3 is 0 Å². The molecule has 330 valence electrons. The predicted molar refractivity (Wildman–Crippen MR) is 289 cm³/mol. The van der Waals surface area contributed by atoms with Gasteiger partial charge in [-0.15, -0.1) is 0 Å². The Balaban J connectivity index is 1.15. The van der Waals surface area contributed by atoms with E-state index in [1.807, 2.05) is 6.07 Å². The van der Waals surface area contributed by atoms with Gasteiger partial charge in [-0.3, -0.25) is 0 Å². The van der Waals surface area contributed by atoms with Crippen molar-refractivity contribution in [1.29, 1.82) is 0 Å². The molecule has 0 aromatic heterocycles. The number of benzene rings is 9. The Morgan fingerprint density at radius 1 is 0.507 bits per heavy atom. The summed E-state index contributed by atoms with van der Waals surface area (Å²) in [4.78, 5) is 2.48. The largest absolute Gasteiger partial charge is 0.354 e. The van der Waals surface area contributed by atoms with Crippen molar-refractivity contribution in [2.24, 2.45) is 5.73 Å². The monoisotopic (exact) mass is 885 g/mol. The van der Waals surface area contributed by atoms with Crippen LogP contribution in [0.15, 0.2) is 260 Å². The molecule has 0 saturated heterocycles. The minimum absolute atomic E-state index is 0.422. The van der Waals surface area contributed by atoms with Crippen LogP contribution in [0.25, 0.3) is 45.3 Å². The lowest BCUT2D eigenvalue weighted by molar-refractivity contribution is 0.751. The van der Waals surface area contributed by atoms with Gasteiger partial charge in [0.2, 0.25) is 0 Å². The fraction of sp³-hybridized carbons (Fsp3) is 0.0606. The van der Waals surface area contributed by atoms with Crippen LogP contribution in [-0.4, -0.2) is 0 Å². The summed E-state index contributed by atoms with van der Waals surface area (Å²) in [6.45, 7) is 0. The molecule has 69 heavy (non-hydrogen) atoms. The molecular formula is C66H51N3. The highest BCUT2D eigenvalue weighted by molar-refractivity contribution is 6.06. The van der Waals surface area contributed by atoms with E-state index >= 15 is 0 Å². The average Bonchev–Trinajstić information content (AvgIpc) is 3.73. The molecule has 0 radical (unpaired) electrons. The summed E-state index contributed by atoms with van der Waals surface area (Å²) in [6.07, 6.45) is 11.6. The summed E-state index contributed by atoms with van der Waals surface area (Å²) in [5, 5.41) is 3.99. The minimum atomic E-state index is -0.522. The van der Waals surface area contributed by atoms with E-state index < -0.39 is 11.5 Å². The van der Waals surface area contributed by atoms with Crippen molar-refractivity contribution >= 4 is 40.1 Å². The first-order chi connectivity index (χ1) is 34.2. The molecule has 3 heteroatoms. The topological polar surface area (TPSA) is 41.3 Å². The molecule has 0 spiro atoms. The van der Waals surface area contributed by atoms with Gasteiger partial charge in [0, 0.05) is 33.8 Å². The molecule has 2 unspecified atom stereocenters. The van der Waals surface area contributed by atoms with Crippen LogP contribution in [0, 0.1) is 0 Å². The number of hydrogen-bond acceptors (Lipinski definition) is 3. The molecule has 1 aliphatic heterocycles. The third-order valence-electron chi connectivity index (χ3n) is 14.2. The molecule has 9 aromatic rings. The molecule has 3 aliphatic rings. The Morgan fingerprint density at radius 3 is 1.86 bits per heavy atom. The van der Waals surface area contributed by atoms with E-state index in [1.165, 1.54) is 39.0 Å². The first kappa shape index (κ1) is 41.9. The summed E-state index contributed by atoms with van der Waals surface area (Å²) in [5.41, 5.74) is 28.6. The zero-order valence-electron chi connectivity index (χ0n) is 38.3. The normalized spacial score (nSPS) is 16.8. The van der Waals surface area contributed by atoms with Gasteiger partial charge in [-0.2, -0.15) is 0 Å². The SMILES string of the molecule is NC(/C(=C1\NC(c2ccccc2)=Cc2c1cccc2N(c1cccc(-c2ccccc2)c1)c1ccc2c(c1)C(C1=CCCC=C1)(c1ccccc1)c1ccccc1-2)c1ccccc1)c1ccccc1. The molecule has 12 rings (SSSR count). The smallest absolute Gasteiger partial charge is 0.0711 e. The second-order valence-electron chi connectivity index (χ2n) is 18.1. The highest BCUT2D eigenvalue weighted by Gasteiger charge is 2.47. The molecule has 0 fully saturated rings. The van der Waals surface area contributed by atoms with Crippen LogP contribution in [0.4, 0.5) is 17.1 Å². The lowest BCUT2D eigenvalue weighted by atomic mass is 9.66. The third-order valence-corrected chi connectivity index (χ3v) is 14.2. The number of nitrogens with two attached hydrogens (primary N) is 1. The maximum absolute atomic E-state index is 7.48. The first-order valence-corrected chi connectivity index (χ1v) is 24.1. The Hall–Kier alpha value is -8.50. The number of rotatable bonds is 10. The summed E-state index contributed by atoms with van der Waals surface area (Å²) in [6, 6.07) is 85.1. The van der Waals surface area contributed by atoms with Crippen LogP contribution < -0.4 is 16.0 Å². The predicted octanol–water partition coefficient (Wildman–Crippen LogP) is 16.1. The van der Waals surface area contributed by atoms with Crippen LogP contribution in [0.5, 0.6) is 0 Å². The fourth-order valence-corrected chi connectivity index (χ4v) is 11.1. The van der Waals surface area contributed by atoms with Gasteiger partial charge in [0.1, 0.15) is 0 Å². The lowest BCUT2D eigenvalue weighted by Gasteiger charge is -2.37. The molecule has 2 atom stereocenters. The van der Waals surface area contributed by atoms with Crippen LogP contribution in [0.3, 0.4) is 0 Å². The Morgan fingerprint density at radius 2 is 1.12 bits per heavy atom. The average molecular weight is 886 g/mol. The number of fused-ring (bicyclic) bond motifs is 4. The third kappa shape index (κ3) is 7.36. The quantitative estimate of drug-likeness (QED) is 0.144. The molecule has 0 bridgehead atoms. The molecular weight excluding hydrogens is 835 g/mol. The van der Waals surface area contributed by atoms with Gasteiger partial charge in [0.25, 0.3) is 0 Å². The summed E-state index contributed by atoms with van der Waals surface area (Å²) >= 11 is 0. The summed E-state index contributed by atoms with van der Waals surface area (Å²) < 4.78 is 0. The number of nitrogens with one attached hydrogen (secondary N) is 1. The molecule has 0 amide bonds. The van der Waals surface area contributed by atoms with Crippen molar-refractivity contribution in [3.8, 4) is 22.3 Å². The van der Waals surface area contributed by atoms with Crippen LogP contribution in [-0.2, 0) is 5.41 Å². The zero-order valence-corrected chi connectivity index (χ0v) is 38.3. The van der Waals surface area contributed by atoms with E-state index in [0.717, 1.165) is 80.3 Å². The van der Waals surface area contributed by atoms with Gasteiger partial charge in [-0.05, 0) is 110 Å². The van der Waals surface area contributed by atoms with Crippen molar-refractivity contribution in [2.45, 2.75) is 24.3 Å². The summed E-state index contributed by atoms with van der Waals surface area (Å²) in [5.74, 6) is 0. The van der Waals surface area contributed by atoms with Crippen molar-refractivity contribution in [1.82, 2.24) is 5.32 Å².